The molecule has 1 aromatic rings. The third-order valence-corrected chi connectivity index (χ3v) is 4.07. The fraction of sp³-hybridized carbons (Fsp3) is 0.417. The van der Waals surface area contributed by atoms with Crippen LogP contribution in [0.3, 0.4) is 0 Å². The smallest absolute Gasteiger partial charge is 0.261 e. The molecular weight excluding hydrogens is 252 g/mol. The Hall–Kier alpha value is -0.960. The monoisotopic (exact) mass is 268 g/mol. The van der Waals surface area contributed by atoms with Crippen LogP contribution in [0.2, 0.25) is 0 Å². The number of thiophene rings is 1. The molecule has 0 saturated heterocycles. The Balaban J connectivity index is 2.55. The molecule has 3 N–H and O–H groups in total. The highest BCUT2D eigenvalue weighted by Crippen LogP contribution is 2.15. The molecule has 1 heterocycles. The molecule has 0 bridgehead atoms. The maximum atomic E-state index is 11.8. The zero-order valence-corrected chi connectivity index (χ0v) is 11.6. The predicted molar refractivity (Wildman–Crippen MR) is 75.6 cm³/mol. The molecule has 17 heavy (non-hydrogen) atoms. The highest BCUT2D eigenvalue weighted by Gasteiger charge is 2.09. The number of hydrogen-bond donors (Lipinski definition) is 2. The quantitative estimate of drug-likeness (QED) is 0.815. The third-order valence-electron chi connectivity index (χ3n) is 2.10. The Morgan fingerprint density at radius 1 is 1.65 bits per heavy atom. The Labute approximate surface area is 110 Å². The molecule has 92 valence electrons. The maximum Gasteiger partial charge on any atom is 0.261 e. The molecule has 0 spiro atoms. The summed E-state index contributed by atoms with van der Waals surface area (Å²) in [6.07, 6.45) is 2.03. The van der Waals surface area contributed by atoms with Crippen molar-refractivity contribution in [1.82, 2.24) is 5.32 Å². The van der Waals surface area contributed by atoms with Gasteiger partial charge in [0, 0.05) is 11.8 Å². The second kappa shape index (κ2) is 7.38. The van der Waals surface area contributed by atoms with Crippen molar-refractivity contribution in [3.8, 4) is 11.8 Å². The number of thioether (sulfide) groups is 1. The summed E-state index contributed by atoms with van der Waals surface area (Å²) >= 11 is 3.12. The molecule has 0 radical (unpaired) electrons. The van der Waals surface area contributed by atoms with E-state index in [0.29, 0.717) is 23.2 Å². The van der Waals surface area contributed by atoms with Gasteiger partial charge in [0.2, 0.25) is 0 Å². The van der Waals surface area contributed by atoms with Gasteiger partial charge in [-0.05, 0) is 18.4 Å². The first-order valence-corrected chi connectivity index (χ1v) is 7.37. The van der Waals surface area contributed by atoms with Gasteiger partial charge in [-0.15, -0.1) is 11.3 Å². The van der Waals surface area contributed by atoms with Crippen molar-refractivity contribution in [3.63, 3.8) is 0 Å². The summed E-state index contributed by atoms with van der Waals surface area (Å²) < 4.78 is 0. The van der Waals surface area contributed by atoms with E-state index in [1.807, 2.05) is 12.3 Å². The number of rotatable bonds is 4. The van der Waals surface area contributed by atoms with Crippen molar-refractivity contribution in [1.29, 1.82) is 0 Å². The fourth-order valence-corrected chi connectivity index (χ4v) is 2.12. The largest absolute Gasteiger partial charge is 0.350 e. The van der Waals surface area contributed by atoms with Gasteiger partial charge >= 0.3 is 0 Å². The number of nitrogens with two attached hydrogens (primary N) is 1. The van der Waals surface area contributed by atoms with Gasteiger partial charge in [0.1, 0.15) is 0 Å². The van der Waals surface area contributed by atoms with Crippen LogP contribution in [0.1, 0.15) is 21.5 Å². The van der Waals surface area contributed by atoms with Crippen molar-refractivity contribution >= 4 is 29.0 Å². The minimum Gasteiger partial charge on any atom is -0.350 e. The molecule has 1 aromatic heterocycles. The van der Waals surface area contributed by atoms with Crippen molar-refractivity contribution in [2.45, 2.75) is 12.2 Å². The second-order valence-electron chi connectivity index (χ2n) is 3.43. The average molecular weight is 268 g/mol. The molecule has 0 fully saturated rings. The minimum absolute atomic E-state index is 0.0308. The van der Waals surface area contributed by atoms with Gasteiger partial charge in [-0.2, -0.15) is 11.8 Å². The Morgan fingerprint density at radius 2 is 2.41 bits per heavy atom. The van der Waals surface area contributed by atoms with E-state index >= 15 is 0 Å². The van der Waals surface area contributed by atoms with E-state index in [1.165, 1.54) is 11.3 Å². The molecule has 1 atom stereocenters. The first-order valence-electron chi connectivity index (χ1n) is 5.27. The summed E-state index contributed by atoms with van der Waals surface area (Å²) in [7, 11) is 0. The third kappa shape index (κ3) is 4.82. The number of amides is 1. The highest BCUT2D eigenvalue weighted by molar-refractivity contribution is 7.99. The van der Waals surface area contributed by atoms with Crippen LogP contribution in [0, 0.1) is 11.8 Å². The van der Waals surface area contributed by atoms with Gasteiger partial charge in [-0.1, -0.05) is 18.8 Å². The normalized spacial score (nSPS) is 11.5. The Bertz CT molecular complexity index is 431. The van der Waals surface area contributed by atoms with E-state index in [9.17, 15) is 4.79 Å². The average Bonchev–Trinajstić information content (AvgIpc) is 2.81. The highest BCUT2D eigenvalue weighted by atomic mass is 32.2. The molecule has 0 aliphatic heterocycles. The molecule has 1 amide bonds. The zero-order valence-electron chi connectivity index (χ0n) is 9.95. The molecule has 0 saturated carbocycles. The summed E-state index contributed by atoms with van der Waals surface area (Å²) in [6.45, 7) is 3.10. The lowest BCUT2D eigenvalue weighted by molar-refractivity contribution is 0.0958. The number of nitrogens with one attached hydrogen (secondary N) is 1. The predicted octanol–water partition coefficient (Wildman–Crippen LogP) is 1.54. The van der Waals surface area contributed by atoms with Crippen LogP contribution in [0.5, 0.6) is 0 Å². The molecule has 0 aromatic carbocycles. The summed E-state index contributed by atoms with van der Waals surface area (Å²) in [5, 5.41) is 3.32. The van der Waals surface area contributed by atoms with Crippen molar-refractivity contribution < 1.29 is 4.79 Å². The first-order chi connectivity index (χ1) is 8.17. The van der Waals surface area contributed by atoms with Crippen LogP contribution in [-0.4, -0.2) is 30.5 Å². The minimum atomic E-state index is -0.0308. The van der Waals surface area contributed by atoms with Gasteiger partial charge in [0.05, 0.1) is 16.3 Å². The summed E-state index contributed by atoms with van der Waals surface area (Å²) in [5.41, 5.74) is 5.29. The molecule has 0 aliphatic rings. The van der Waals surface area contributed by atoms with Gasteiger partial charge in [-0.3, -0.25) is 4.79 Å². The molecule has 1 unspecified atom stereocenters. The molecule has 1 rings (SSSR count). The molecular formula is C12H16N2OS2. The lowest BCUT2D eigenvalue weighted by Gasteiger charge is -2.08. The van der Waals surface area contributed by atoms with Crippen LogP contribution < -0.4 is 11.1 Å². The number of carbonyl (C=O) groups is 1. The van der Waals surface area contributed by atoms with E-state index < -0.39 is 0 Å². The number of carbonyl (C=O) groups excluding carboxylic acids is 1. The van der Waals surface area contributed by atoms with Gasteiger partial charge in [-0.25, -0.2) is 0 Å². The molecule has 5 heteroatoms. The van der Waals surface area contributed by atoms with E-state index in [4.69, 9.17) is 5.73 Å². The Kier molecular flexibility index (Phi) is 6.12. The lowest BCUT2D eigenvalue weighted by atomic mass is 10.4. The van der Waals surface area contributed by atoms with Crippen molar-refractivity contribution in [3.05, 3.63) is 21.9 Å². The van der Waals surface area contributed by atoms with Crippen LogP contribution >= 0.6 is 23.1 Å². The van der Waals surface area contributed by atoms with Gasteiger partial charge in [0.15, 0.2) is 0 Å². The first kappa shape index (κ1) is 14.1. The zero-order chi connectivity index (χ0) is 12.7. The topological polar surface area (TPSA) is 55.1 Å². The van der Waals surface area contributed by atoms with Crippen LogP contribution in [0.25, 0.3) is 0 Å². The van der Waals surface area contributed by atoms with Crippen LogP contribution in [0.15, 0.2) is 12.1 Å². The summed E-state index contributed by atoms with van der Waals surface area (Å²) in [6, 6.07) is 3.64. The van der Waals surface area contributed by atoms with Crippen LogP contribution in [-0.2, 0) is 0 Å². The van der Waals surface area contributed by atoms with Gasteiger partial charge in [0.25, 0.3) is 5.91 Å². The lowest BCUT2D eigenvalue weighted by Crippen LogP contribution is -2.28. The fourth-order valence-electron chi connectivity index (χ4n) is 1.07. The van der Waals surface area contributed by atoms with E-state index in [0.717, 1.165) is 4.88 Å². The molecule has 0 aliphatic carbocycles. The van der Waals surface area contributed by atoms with Crippen molar-refractivity contribution in [2.75, 3.05) is 19.3 Å². The summed E-state index contributed by atoms with van der Waals surface area (Å²) in [5.74, 6) is 5.65. The number of hydrogen-bond acceptors (Lipinski definition) is 4. The van der Waals surface area contributed by atoms with E-state index in [2.05, 4.69) is 24.1 Å². The maximum absolute atomic E-state index is 11.8. The van der Waals surface area contributed by atoms with Crippen molar-refractivity contribution in [2.24, 2.45) is 5.73 Å². The van der Waals surface area contributed by atoms with E-state index in [1.54, 1.807) is 17.8 Å². The van der Waals surface area contributed by atoms with E-state index in [-0.39, 0.29) is 5.91 Å². The SMILES string of the molecule is CSC(C)CNC(=O)c1ccc(C#CCN)s1. The molecule has 3 nitrogen and oxygen atoms in total. The van der Waals surface area contributed by atoms with Gasteiger partial charge < -0.3 is 11.1 Å². The second-order valence-corrected chi connectivity index (χ2v) is 5.79. The summed E-state index contributed by atoms with van der Waals surface area (Å²) in [4.78, 5) is 13.3. The standard InChI is InChI=1S/C12H16N2OS2/c1-9(16-2)8-14-12(15)11-6-5-10(17-11)4-3-7-13/h5-6,9H,7-8,13H2,1-2H3,(H,14,15). The Morgan fingerprint density at radius 3 is 3.06 bits per heavy atom. The van der Waals surface area contributed by atoms with Crippen LogP contribution in [0.4, 0.5) is 0 Å².